The first-order valence-electron chi connectivity index (χ1n) is 6.76. The van der Waals surface area contributed by atoms with Crippen LogP contribution in [0.3, 0.4) is 0 Å². The number of hydrogen-bond acceptors (Lipinski definition) is 2. The average Bonchev–Trinajstić information content (AvgIpc) is 2.46. The van der Waals surface area contributed by atoms with Gasteiger partial charge in [0.25, 0.3) is 0 Å². The highest BCUT2D eigenvalue weighted by molar-refractivity contribution is 5.94. The lowest BCUT2D eigenvalue weighted by Gasteiger charge is -2.05. The number of hydrogen-bond donors (Lipinski definition) is 0. The van der Waals surface area contributed by atoms with Crippen molar-refractivity contribution < 1.29 is 9.59 Å². The summed E-state index contributed by atoms with van der Waals surface area (Å²) >= 11 is 0. The minimum absolute atomic E-state index is 0.0798. The molecule has 0 amide bonds. The third kappa shape index (κ3) is 3.64. The molecule has 0 saturated heterocycles. The van der Waals surface area contributed by atoms with Crippen molar-refractivity contribution in [1.82, 2.24) is 0 Å². The summed E-state index contributed by atoms with van der Waals surface area (Å²) in [6.45, 7) is 3.18. The fourth-order valence-corrected chi connectivity index (χ4v) is 2.08. The van der Waals surface area contributed by atoms with Gasteiger partial charge >= 0.3 is 0 Å². The predicted octanol–water partition coefficient (Wildman–Crippen LogP) is 4.08. The van der Waals surface area contributed by atoms with E-state index in [9.17, 15) is 9.59 Å². The van der Waals surface area contributed by atoms with Crippen molar-refractivity contribution >= 4 is 11.6 Å². The minimum atomic E-state index is 0.0798. The summed E-state index contributed by atoms with van der Waals surface area (Å²) in [6, 6.07) is 15.8. The molecule has 0 aliphatic rings. The second-order valence-electron chi connectivity index (χ2n) is 5.03. The molecule has 2 nitrogen and oxygen atoms in total. The molecule has 2 heteroatoms. The lowest BCUT2D eigenvalue weighted by molar-refractivity contribution is -0.116. The first-order chi connectivity index (χ1) is 9.56. The number of Topliss-reactive ketones (excluding diaryl/α,β-unsaturated/α-hetero) is 2. The van der Waals surface area contributed by atoms with Crippen molar-refractivity contribution in [3.8, 4) is 11.1 Å². The van der Waals surface area contributed by atoms with Gasteiger partial charge < -0.3 is 4.79 Å². The molecule has 2 rings (SSSR count). The second kappa shape index (κ2) is 6.29. The predicted molar refractivity (Wildman–Crippen MR) is 80.9 cm³/mol. The molecule has 0 fully saturated rings. The smallest absolute Gasteiger partial charge is 0.159 e. The zero-order valence-corrected chi connectivity index (χ0v) is 11.8. The minimum Gasteiger partial charge on any atom is -0.300 e. The zero-order chi connectivity index (χ0) is 14.5. The van der Waals surface area contributed by atoms with Crippen LogP contribution in [0.4, 0.5) is 0 Å². The van der Waals surface area contributed by atoms with E-state index in [1.165, 1.54) is 5.56 Å². The highest BCUT2D eigenvalue weighted by atomic mass is 16.1. The highest BCUT2D eigenvalue weighted by Crippen LogP contribution is 2.21. The number of benzene rings is 2. The van der Waals surface area contributed by atoms with E-state index in [1.54, 1.807) is 13.8 Å². The van der Waals surface area contributed by atoms with Gasteiger partial charge in [0.05, 0.1) is 0 Å². The Morgan fingerprint density at radius 1 is 0.800 bits per heavy atom. The fourth-order valence-electron chi connectivity index (χ4n) is 2.08. The number of aryl methyl sites for hydroxylation is 1. The second-order valence-corrected chi connectivity index (χ2v) is 5.03. The normalized spacial score (nSPS) is 10.3. The van der Waals surface area contributed by atoms with Crippen molar-refractivity contribution in [2.45, 2.75) is 26.7 Å². The van der Waals surface area contributed by atoms with Gasteiger partial charge in [-0.2, -0.15) is 0 Å². The Labute approximate surface area is 119 Å². The van der Waals surface area contributed by atoms with Crippen molar-refractivity contribution in [2.24, 2.45) is 0 Å². The number of carbonyl (C=O) groups excluding carboxylic acids is 2. The van der Waals surface area contributed by atoms with Crippen LogP contribution in [0.5, 0.6) is 0 Å². The standard InChI is InChI=1S/C18H18O2/c1-13(19)3-4-15-5-7-17(8-6-15)18-11-9-16(10-12-18)14(2)20/h5-12H,3-4H2,1-2H3. The molecule has 0 aliphatic carbocycles. The van der Waals surface area contributed by atoms with E-state index in [2.05, 4.69) is 24.3 Å². The summed E-state index contributed by atoms with van der Waals surface area (Å²) in [5.74, 6) is 0.296. The van der Waals surface area contributed by atoms with Gasteiger partial charge in [0.1, 0.15) is 5.78 Å². The third-order valence-corrected chi connectivity index (χ3v) is 3.34. The van der Waals surface area contributed by atoms with Crippen molar-refractivity contribution in [3.05, 3.63) is 59.7 Å². The van der Waals surface area contributed by atoms with Crippen LogP contribution in [0.1, 0.15) is 36.2 Å². The molecular formula is C18H18O2. The molecule has 20 heavy (non-hydrogen) atoms. The highest BCUT2D eigenvalue weighted by Gasteiger charge is 2.02. The average molecular weight is 266 g/mol. The molecule has 0 saturated carbocycles. The molecule has 2 aromatic rings. The van der Waals surface area contributed by atoms with E-state index < -0.39 is 0 Å². The molecule has 102 valence electrons. The summed E-state index contributed by atoms with van der Waals surface area (Å²) in [4.78, 5) is 22.2. The maximum atomic E-state index is 11.2. The molecule has 0 unspecified atom stereocenters. The van der Waals surface area contributed by atoms with Crippen LogP contribution < -0.4 is 0 Å². The van der Waals surface area contributed by atoms with E-state index in [4.69, 9.17) is 0 Å². The van der Waals surface area contributed by atoms with Crippen LogP contribution >= 0.6 is 0 Å². The summed E-state index contributed by atoms with van der Waals surface area (Å²) in [6.07, 6.45) is 1.38. The van der Waals surface area contributed by atoms with E-state index in [0.717, 1.165) is 23.1 Å². The summed E-state index contributed by atoms with van der Waals surface area (Å²) in [7, 11) is 0. The maximum absolute atomic E-state index is 11.2. The topological polar surface area (TPSA) is 34.1 Å². The Kier molecular flexibility index (Phi) is 4.46. The number of ketones is 2. The molecule has 0 radical (unpaired) electrons. The Hall–Kier alpha value is -2.22. The molecule has 0 spiro atoms. The Bertz CT molecular complexity index is 607. The summed E-state index contributed by atoms with van der Waals surface area (Å²) < 4.78 is 0. The molecule has 0 bridgehead atoms. The van der Waals surface area contributed by atoms with Gasteiger partial charge in [-0.3, -0.25) is 4.79 Å². The molecule has 0 atom stereocenters. The molecule has 0 heterocycles. The van der Waals surface area contributed by atoms with Crippen LogP contribution in [-0.2, 0) is 11.2 Å². The van der Waals surface area contributed by atoms with E-state index in [1.807, 2.05) is 24.3 Å². The van der Waals surface area contributed by atoms with Gasteiger partial charge in [-0.1, -0.05) is 48.5 Å². The van der Waals surface area contributed by atoms with Gasteiger partial charge in [-0.25, -0.2) is 0 Å². The first kappa shape index (κ1) is 14.2. The van der Waals surface area contributed by atoms with Gasteiger partial charge in [-0.05, 0) is 37.0 Å². The molecule has 0 N–H and O–H groups in total. The van der Waals surface area contributed by atoms with Crippen LogP contribution in [-0.4, -0.2) is 11.6 Å². The Morgan fingerprint density at radius 3 is 1.75 bits per heavy atom. The number of carbonyl (C=O) groups is 2. The van der Waals surface area contributed by atoms with Crippen molar-refractivity contribution in [3.63, 3.8) is 0 Å². The van der Waals surface area contributed by atoms with Gasteiger partial charge in [0, 0.05) is 12.0 Å². The lowest BCUT2D eigenvalue weighted by atomic mass is 10.00. The van der Waals surface area contributed by atoms with E-state index >= 15 is 0 Å². The summed E-state index contributed by atoms with van der Waals surface area (Å²) in [5.41, 5.74) is 4.11. The quantitative estimate of drug-likeness (QED) is 0.764. The fraction of sp³-hybridized carbons (Fsp3) is 0.222. The molecule has 0 aromatic heterocycles. The zero-order valence-electron chi connectivity index (χ0n) is 11.8. The van der Waals surface area contributed by atoms with E-state index in [-0.39, 0.29) is 11.6 Å². The number of rotatable bonds is 5. The van der Waals surface area contributed by atoms with Crippen LogP contribution in [0.15, 0.2) is 48.5 Å². The van der Waals surface area contributed by atoms with Crippen LogP contribution in [0.25, 0.3) is 11.1 Å². The maximum Gasteiger partial charge on any atom is 0.159 e. The molecular weight excluding hydrogens is 248 g/mol. The molecule has 2 aromatic carbocycles. The monoisotopic (exact) mass is 266 g/mol. The largest absolute Gasteiger partial charge is 0.300 e. The van der Waals surface area contributed by atoms with Gasteiger partial charge in [0.2, 0.25) is 0 Å². The van der Waals surface area contributed by atoms with E-state index in [0.29, 0.717) is 6.42 Å². The molecule has 0 aliphatic heterocycles. The first-order valence-corrected chi connectivity index (χ1v) is 6.76. The van der Waals surface area contributed by atoms with Crippen LogP contribution in [0, 0.1) is 0 Å². The summed E-state index contributed by atoms with van der Waals surface area (Å²) in [5, 5.41) is 0. The third-order valence-electron chi connectivity index (χ3n) is 3.34. The SMILES string of the molecule is CC(=O)CCc1ccc(-c2ccc(C(C)=O)cc2)cc1. The van der Waals surface area contributed by atoms with Crippen molar-refractivity contribution in [2.75, 3.05) is 0 Å². The lowest BCUT2D eigenvalue weighted by Crippen LogP contribution is -1.94. The van der Waals surface area contributed by atoms with Crippen molar-refractivity contribution in [1.29, 1.82) is 0 Å². The van der Waals surface area contributed by atoms with Crippen LogP contribution in [0.2, 0.25) is 0 Å². The van der Waals surface area contributed by atoms with Gasteiger partial charge in [-0.15, -0.1) is 0 Å². The Balaban J connectivity index is 2.13. The Morgan fingerprint density at radius 2 is 1.30 bits per heavy atom. The van der Waals surface area contributed by atoms with Gasteiger partial charge in [0.15, 0.2) is 5.78 Å².